The minimum absolute atomic E-state index is 0.403. The molecule has 0 bridgehead atoms. The Morgan fingerprint density at radius 1 is 1.13 bits per heavy atom. The Labute approximate surface area is 181 Å². The van der Waals surface area contributed by atoms with Gasteiger partial charge in [-0.2, -0.15) is 0 Å². The average Bonchev–Trinajstić information content (AvgIpc) is 2.84. The molecule has 5 rings (SSSR count). The van der Waals surface area contributed by atoms with E-state index in [1.807, 2.05) is 12.3 Å². The highest BCUT2D eigenvalue weighted by Gasteiger charge is 2.19. The van der Waals surface area contributed by atoms with E-state index in [-0.39, 0.29) is 0 Å². The first-order chi connectivity index (χ1) is 15.3. The molecule has 0 radical (unpaired) electrons. The molecule has 2 aliphatic rings. The monoisotopic (exact) mass is 420 g/mol. The molecule has 2 saturated heterocycles. The zero-order valence-corrected chi connectivity index (χ0v) is 17.8. The van der Waals surface area contributed by atoms with E-state index in [1.54, 1.807) is 12.4 Å². The van der Waals surface area contributed by atoms with Crippen LogP contribution in [0.1, 0.15) is 0 Å². The van der Waals surface area contributed by atoms with Gasteiger partial charge in [-0.3, -0.25) is 9.88 Å². The van der Waals surface area contributed by atoms with Crippen LogP contribution in [0.3, 0.4) is 0 Å². The van der Waals surface area contributed by atoms with E-state index in [0.717, 1.165) is 86.4 Å². The second kappa shape index (κ2) is 9.09. The van der Waals surface area contributed by atoms with E-state index in [4.69, 9.17) is 9.72 Å². The number of ether oxygens (including phenoxy) is 1. The van der Waals surface area contributed by atoms with Crippen molar-refractivity contribution in [3.63, 3.8) is 0 Å². The van der Waals surface area contributed by atoms with Gasteiger partial charge in [-0.1, -0.05) is 0 Å². The quantitative estimate of drug-likeness (QED) is 0.632. The van der Waals surface area contributed by atoms with Gasteiger partial charge >= 0.3 is 0 Å². The van der Waals surface area contributed by atoms with Crippen LogP contribution >= 0.6 is 0 Å². The van der Waals surface area contributed by atoms with Crippen LogP contribution in [0.25, 0.3) is 22.3 Å². The Balaban J connectivity index is 1.41. The van der Waals surface area contributed by atoms with Crippen molar-refractivity contribution in [2.24, 2.45) is 0 Å². The Morgan fingerprint density at radius 2 is 2.00 bits per heavy atom. The third-order valence-corrected chi connectivity index (χ3v) is 5.98. The lowest BCUT2D eigenvalue weighted by Crippen LogP contribution is -2.52. The first-order valence-corrected chi connectivity index (χ1v) is 10.8. The van der Waals surface area contributed by atoms with Gasteiger partial charge in [0.2, 0.25) is 0 Å². The van der Waals surface area contributed by atoms with Gasteiger partial charge in [0.05, 0.1) is 24.4 Å². The molecule has 3 aromatic rings. The topological polar surface area (TPSA) is 91.3 Å². The number of nitrogens with zero attached hydrogens (tertiary/aromatic N) is 6. The summed E-state index contributed by atoms with van der Waals surface area (Å²) in [7, 11) is 2.16. The number of aromatic nitrogens is 4. The van der Waals surface area contributed by atoms with Crippen molar-refractivity contribution in [2.45, 2.75) is 6.04 Å². The van der Waals surface area contributed by atoms with Crippen molar-refractivity contribution in [1.29, 1.82) is 0 Å². The predicted molar refractivity (Wildman–Crippen MR) is 121 cm³/mol. The van der Waals surface area contributed by atoms with Gasteiger partial charge in [0.1, 0.15) is 11.3 Å². The number of nitrogens with one attached hydrogen (secondary N) is 2. The summed E-state index contributed by atoms with van der Waals surface area (Å²) < 4.78 is 5.44. The van der Waals surface area contributed by atoms with E-state index in [1.165, 1.54) is 0 Å². The summed E-state index contributed by atoms with van der Waals surface area (Å²) >= 11 is 0. The number of pyridine rings is 2. The number of fused-ring (bicyclic) bond motifs is 1. The van der Waals surface area contributed by atoms with Crippen molar-refractivity contribution in [1.82, 2.24) is 30.2 Å². The molecule has 0 spiro atoms. The summed E-state index contributed by atoms with van der Waals surface area (Å²) in [5, 5.41) is 6.98. The Hall–Kier alpha value is -2.88. The summed E-state index contributed by atoms with van der Waals surface area (Å²) in [6.07, 6.45) is 5.31. The lowest BCUT2D eigenvalue weighted by Gasteiger charge is -2.33. The first kappa shape index (κ1) is 20.0. The van der Waals surface area contributed by atoms with Crippen molar-refractivity contribution in [3.8, 4) is 11.3 Å². The van der Waals surface area contributed by atoms with Crippen molar-refractivity contribution in [3.05, 3.63) is 36.8 Å². The van der Waals surface area contributed by atoms with E-state index in [9.17, 15) is 0 Å². The summed E-state index contributed by atoms with van der Waals surface area (Å²) in [5.41, 5.74) is 3.41. The number of rotatable bonds is 5. The minimum atomic E-state index is 0.403. The van der Waals surface area contributed by atoms with Gasteiger partial charge in [-0.25, -0.2) is 15.0 Å². The van der Waals surface area contributed by atoms with Crippen LogP contribution < -0.4 is 15.5 Å². The molecule has 3 aromatic heterocycles. The van der Waals surface area contributed by atoms with Gasteiger partial charge in [-0.05, 0) is 25.2 Å². The minimum Gasteiger partial charge on any atom is -0.378 e. The van der Waals surface area contributed by atoms with E-state index in [0.29, 0.717) is 6.04 Å². The number of morpholine rings is 1. The molecule has 2 fully saturated rings. The molecule has 5 heterocycles. The van der Waals surface area contributed by atoms with E-state index >= 15 is 0 Å². The van der Waals surface area contributed by atoms with Crippen LogP contribution in [-0.2, 0) is 4.74 Å². The zero-order valence-electron chi connectivity index (χ0n) is 17.8. The molecule has 0 unspecified atom stereocenters. The molecule has 31 heavy (non-hydrogen) atoms. The summed E-state index contributed by atoms with van der Waals surface area (Å²) in [6, 6.07) is 6.51. The maximum Gasteiger partial charge on any atom is 0.154 e. The molecular weight excluding hydrogens is 392 g/mol. The summed E-state index contributed by atoms with van der Waals surface area (Å²) in [4.78, 5) is 23.2. The molecule has 0 amide bonds. The zero-order chi connectivity index (χ0) is 21.0. The number of anilines is 2. The fraction of sp³-hybridized carbons (Fsp3) is 0.455. The average molecular weight is 421 g/mol. The first-order valence-electron chi connectivity index (χ1n) is 10.8. The number of hydrogen-bond donors (Lipinski definition) is 2. The fourth-order valence-corrected chi connectivity index (χ4v) is 4.07. The van der Waals surface area contributed by atoms with Gasteiger partial charge in [0, 0.05) is 69.5 Å². The van der Waals surface area contributed by atoms with Crippen LogP contribution in [0.5, 0.6) is 0 Å². The van der Waals surface area contributed by atoms with Gasteiger partial charge in [0.25, 0.3) is 0 Å². The maximum absolute atomic E-state index is 5.44. The Kier molecular flexibility index (Phi) is 5.88. The Morgan fingerprint density at radius 3 is 2.81 bits per heavy atom. The molecule has 2 N–H and O–H groups in total. The molecule has 0 saturated carbocycles. The van der Waals surface area contributed by atoms with E-state index < -0.39 is 0 Å². The Bertz CT molecular complexity index is 1020. The molecule has 162 valence electrons. The second-order valence-corrected chi connectivity index (χ2v) is 8.00. The van der Waals surface area contributed by atoms with Crippen LogP contribution in [-0.4, -0.2) is 90.4 Å². The maximum atomic E-state index is 5.44. The molecule has 9 nitrogen and oxygen atoms in total. The lowest BCUT2D eigenvalue weighted by atomic mass is 10.1. The van der Waals surface area contributed by atoms with Crippen LogP contribution in [0.15, 0.2) is 36.8 Å². The van der Waals surface area contributed by atoms with Crippen molar-refractivity contribution in [2.75, 3.05) is 69.7 Å². The fourth-order valence-electron chi connectivity index (χ4n) is 4.07. The van der Waals surface area contributed by atoms with Gasteiger partial charge < -0.3 is 20.3 Å². The highest BCUT2D eigenvalue weighted by Crippen LogP contribution is 2.26. The van der Waals surface area contributed by atoms with Crippen LogP contribution in [0.4, 0.5) is 11.6 Å². The molecule has 2 aliphatic heterocycles. The molecule has 0 aliphatic carbocycles. The van der Waals surface area contributed by atoms with Crippen LogP contribution in [0.2, 0.25) is 0 Å². The standard InChI is InChI=1S/C22H28N8O/c1-29-7-6-23-14-17(29)15-27-22-21-19(24-4-5-25-21)12-18(28-22)16-2-3-20(26-13-16)30-8-10-31-11-9-30/h2-5,12-13,17,23H,6-11,14-15H2,1H3,(H,27,28)/t17-/m0/s1. The normalized spacial score (nSPS) is 20.2. The largest absolute Gasteiger partial charge is 0.378 e. The van der Waals surface area contributed by atoms with Crippen molar-refractivity contribution >= 4 is 22.7 Å². The highest BCUT2D eigenvalue weighted by atomic mass is 16.5. The van der Waals surface area contributed by atoms with Gasteiger partial charge in [0.15, 0.2) is 5.82 Å². The molecule has 9 heteroatoms. The SMILES string of the molecule is CN1CCNC[C@H]1CNc1nc(-c2ccc(N3CCOCC3)nc2)cc2nccnc12. The van der Waals surface area contributed by atoms with Crippen molar-refractivity contribution < 1.29 is 4.74 Å². The number of likely N-dealkylation sites (N-methyl/N-ethyl adjacent to an activating group) is 1. The predicted octanol–water partition coefficient (Wildman–Crippen LogP) is 1.24. The third kappa shape index (κ3) is 4.43. The number of piperazine rings is 1. The van der Waals surface area contributed by atoms with Gasteiger partial charge in [-0.15, -0.1) is 0 Å². The summed E-state index contributed by atoms with van der Waals surface area (Å²) in [6.45, 7) is 7.05. The molecule has 1 atom stereocenters. The van der Waals surface area contributed by atoms with Crippen LogP contribution in [0, 0.1) is 0 Å². The highest BCUT2D eigenvalue weighted by molar-refractivity contribution is 5.88. The number of hydrogen-bond acceptors (Lipinski definition) is 9. The third-order valence-electron chi connectivity index (χ3n) is 5.98. The second-order valence-electron chi connectivity index (χ2n) is 8.00. The van der Waals surface area contributed by atoms with E-state index in [2.05, 4.69) is 54.6 Å². The summed E-state index contributed by atoms with van der Waals surface area (Å²) in [5.74, 6) is 1.73. The smallest absolute Gasteiger partial charge is 0.154 e. The lowest BCUT2D eigenvalue weighted by molar-refractivity contribution is 0.122. The molecule has 0 aromatic carbocycles. The molecular formula is C22H28N8O.